The molecule has 2 atom stereocenters. The molecule has 0 radical (unpaired) electrons. The topological polar surface area (TPSA) is 3.24 Å². The first kappa shape index (κ1) is 28.7. The first-order chi connectivity index (χ1) is 13.7. The molecule has 0 aromatic rings. The van der Waals surface area contributed by atoms with E-state index in [1.165, 1.54) is 0 Å². The average Bonchev–Trinajstić information content (AvgIpc) is 2.92. The third-order valence-corrected chi connectivity index (χ3v) is 4.28. The Kier molecular flexibility index (Phi) is 6.55. The Labute approximate surface area is 163 Å². The van der Waals surface area contributed by atoms with E-state index in [4.69, 9.17) is 0 Å². The van der Waals surface area contributed by atoms with Crippen molar-refractivity contribution in [3.05, 3.63) is 0 Å². The van der Waals surface area contributed by atoms with Crippen molar-refractivity contribution in [2.45, 2.75) is 60.1 Å². The molecule has 0 amide bonds. The van der Waals surface area contributed by atoms with Crippen LogP contribution in [0.2, 0.25) is 0 Å². The van der Waals surface area contributed by atoms with Crippen LogP contribution in [0.4, 0.5) is 83.4 Å². The van der Waals surface area contributed by atoms with Gasteiger partial charge in [-0.15, -0.1) is 0 Å². The van der Waals surface area contributed by atoms with Crippen molar-refractivity contribution < 1.29 is 83.4 Å². The predicted molar refractivity (Wildman–Crippen MR) is 62.0 cm³/mol. The van der Waals surface area contributed by atoms with Gasteiger partial charge in [0.15, 0.2) is 0 Å². The highest BCUT2D eigenvalue weighted by Gasteiger charge is 2.95. The van der Waals surface area contributed by atoms with Crippen molar-refractivity contribution >= 4 is 0 Å². The third-order valence-electron chi connectivity index (χ3n) is 4.28. The molecule has 20 heteroatoms. The van der Waals surface area contributed by atoms with Gasteiger partial charge in [-0.25, -0.2) is 13.7 Å². The average molecular weight is 525 g/mol. The molecule has 0 aromatic carbocycles. The van der Waals surface area contributed by atoms with E-state index < -0.39 is 78.1 Å². The van der Waals surface area contributed by atoms with Crippen molar-refractivity contribution in [3.8, 4) is 0 Å². The van der Waals surface area contributed by atoms with Gasteiger partial charge in [0.05, 0.1) is 0 Å². The maximum absolute atomic E-state index is 13.7. The molecule has 0 saturated carbocycles. The van der Waals surface area contributed by atoms with Crippen LogP contribution in [0, 0.1) is 0 Å². The summed E-state index contributed by atoms with van der Waals surface area (Å²) in [6, 6.07) is -6.91. The normalized spacial score (nSPS) is 23.7. The molecule has 0 aromatic heterocycles. The van der Waals surface area contributed by atoms with Gasteiger partial charge in [-0.3, -0.25) is 0 Å². The minimum Gasteiger partial charge on any atom is -0.243 e. The Morgan fingerprint density at radius 2 is 0.656 bits per heavy atom. The van der Waals surface area contributed by atoms with E-state index in [2.05, 4.69) is 0 Å². The van der Waals surface area contributed by atoms with Crippen LogP contribution in [0.15, 0.2) is 0 Å². The van der Waals surface area contributed by atoms with Crippen LogP contribution in [0.1, 0.15) is 0 Å². The highest BCUT2D eigenvalue weighted by Crippen LogP contribution is 2.64. The molecular weight excluding hydrogens is 519 g/mol. The fourth-order valence-electron chi connectivity index (χ4n) is 2.31. The Bertz CT molecular complexity index is 683. The minimum atomic E-state index is -8.74. The zero-order valence-electron chi connectivity index (χ0n) is 14.2. The smallest absolute Gasteiger partial charge is 0.243 e. The van der Waals surface area contributed by atoms with E-state index in [9.17, 15) is 83.4 Å². The van der Waals surface area contributed by atoms with E-state index in [0.717, 1.165) is 0 Å². The van der Waals surface area contributed by atoms with Gasteiger partial charge in [0.1, 0.15) is 12.3 Å². The second kappa shape index (κ2) is 7.31. The molecule has 1 heterocycles. The molecule has 0 unspecified atom stereocenters. The van der Waals surface area contributed by atoms with E-state index in [0.29, 0.717) is 0 Å². The molecular formula is C12H6F19N. The zero-order chi connectivity index (χ0) is 26.1. The summed E-state index contributed by atoms with van der Waals surface area (Å²) in [6.45, 7) is -4.46. The Morgan fingerprint density at radius 3 is 0.938 bits per heavy atom. The van der Waals surface area contributed by atoms with Crippen LogP contribution in [-0.2, 0) is 0 Å². The number of alkyl halides is 19. The van der Waals surface area contributed by atoms with Crippen LogP contribution in [0.5, 0.6) is 0 Å². The summed E-state index contributed by atoms with van der Waals surface area (Å²) in [5.74, 6) is -50.7. The van der Waals surface area contributed by atoms with Crippen LogP contribution < -0.4 is 0 Å². The lowest BCUT2D eigenvalue weighted by Gasteiger charge is -2.44. The van der Waals surface area contributed by atoms with Crippen LogP contribution in [0.3, 0.4) is 0 Å². The Hall–Kier alpha value is -1.37. The molecule has 1 saturated heterocycles. The minimum absolute atomic E-state index is 1.60. The van der Waals surface area contributed by atoms with Crippen molar-refractivity contribution in [1.29, 1.82) is 0 Å². The largest absolute Gasteiger partial charge is 0.460 e. The van der Waals surface area contributed by atoms with E-state index >= 15 is 0 Å². The van der Waals surface area contributed by atoms with Crippen molar-refractivity contribution in [1.82, 2.24) is 4.90 Å². The first-order valence-corrected chi connectivity index (χ1v) is 7.41. The second-order valence-corrected chi connectivity index (χ2v) is 6.42. The molecule has 192 valence electrons. The van der Waals surface area contributed by atoms with E-state index in [1.54, 1.807) is 0 Å². The van der Waals surface area contributed by atoms with Crippen molar-refractivity contribution in [3.63, 3.8) is 0 Å². The fraction of sp³-hybridized carbons (Fsp3) is 1.00. The summed E-state index contributed by atoms with van der Waals surface area (Å²) in [4.78, 5) is -1.60. The van der Waals surface area contributed by atoms with Gasteiger partial charge in [0.25, 0.3) is 0 Å². The summed E-state index contributed by atoms with van der Waals surface area (Å²) in [6.07, 6.45) is -14.1. The molecule has 0 aliphatic carbocycles. The monoisotopic (exact) mass is 525 g/mol. The molecule has 1 fully saturated rings. The summed E-state index contributed by atoms with van der Waals surface area (Å²) < 4.78 is 247. The number of hydrogen-bond donors (Lipinski definition) is 0. The number of halogens is 19. The van der Waals surface area contributed by atoms with Gasteiger partial charge in [0, 0.05) is 13.1 Å². The summed E-state index contributed by atoms with van der Waals surface area (Å²) in [5, 5.41) is 0. The standard InChI is InChI=1S/C12H6F19N/c13-3-1-32(2-4(3)14)12(30,31)10(25,26)8(21,22)6(17,18)5(15,16)7(19,20)9(23,24)11(27,28)29/h3-4H,1-2H2/t3-,4-/m0/s1. The van der Waals surface area contributed by atoms with Crippen LogP contribution in [-0.4, -0.2) is 78.1 Å². The van der Waals surface area contributed by atoms with E-state index in [1.807, 2.05) is 0 Å². The molecule has 1 rings (SSSR count). The van der Waals surface area contributed by atoms with Crippen LogP contribution in [0.25, 0.3) is 0 Å². The SMILES string of the molecule is F[C@H]1CN(C(F)(F)C(F)(F)C(F)(F)C(F)(F)C(F)(F)C(F)(F)C(F)(F)C(F)(F)F)C[C@@H]1F. The lowest BCUT2D eigenvalue weighted by molar-refractivity contribution is -0.467. The van der Waals surface area contributed by atoms with E-state index in [-0.39, 0.29) is 0 Å². The fourth-order valence-corrected chi connectivity index (χ4v) is 2.31. The first-order valence-electron chi connectivity index (χ1n) is 7.41. The molecule has 0 N–H and O–H groups in total. The Morgan fingerprint density at radius 1 is 0.406 bits per heavy atom. The van der Waals surface area contributed by atoms with Crippen molar-refractivity contribution in [2.75, 3.05) is 13.1 Å². The van der Waals surface area contributed by atoms with Gasteiger partial charge in [-0.05, 0) is 0 Å². The van der Waals surface area contributed by atoms with Gasteiger partial charge in [-0.2, -0.15) is 74.6 Å². The highest BCUT2D eigenvalue weighted by atomic mass is 19.4. The number of hydrogen-bond acceptors (Lipinski definition) is 1. The predicted octanol–water partition coefficient (Wildman–Crippen LogP) is 5.95. The molecule has 1 aliphatic rings. The van der Waals surface area contributed by atoms with Crippen LogP contribution >= 0.6 is 0 Å². The lowest BCUT2D eigenvalue weighted by Crippen LogP contribution is -2.75. The number of rotatable bonds is 7. The summed E-state index contributed by atoms with van der Waals surface area (Å²) >= 11 is 0. The molecule has 32 heavy (non-hydrogen) atoms. The van der Waals surface area contributed by atoms with Gasteiger partial charge in [-0.1, -0.05) is 0 Å². The summed E-state index contributed by atoms with van der Waals surface area (Å²) in [5.41, 5.74) is 0. The summed E-state index contributed by atoms with van der Waals surface area (Å²) in [7, 11) is 0. The van der Waals surface area contributed by atoms with Gasteiger partial charge >= 0.3 is 47.8 Å². The maximum Gasteiger partial charge on any atom is 0.460 e. The Balaban J connectivity index is 3.59. The zero-order valence-corrected chi connectivity index (χ0v) is 14.2. The quantitative estimate of drug-likeness (QED) is 0.294. The third kappa shape index (κ3) is 3.45. The van der Waals surface area contributed by atoms with Gasteiger partial charge in [0.2, 0.25) is 0 Å². The molecule has 0 spiro atoms. The lowest BCUT2D eigenvalue weighted by atomic mass is 9.90. The molecule has 1 nitrogen and oxygen atoms in total. The number of nitrogens with zero attached hydrogens (tertiary/aromatic N) is 1. The molecule has 0 bridgehead atoms. The second-order valence-electron chi connectivity index (χ2n) is 6.42. The molecule has 1 aliphatic heterocycles. The maximum atomic E-state index is 13.7. The van der Waals surface area contributed by atoms with Crippen molar-refractivity contribution in [2.24, 2.45) is 0 Å². The highest BCUT2D eigenvalue weighted by molar-refractivity contribution is 5.15. The number of likely N-dealkylation sites (tertiary alicyclic amines) is 1. The van der Waals surface area contributed by atoms with Gasteiger partial charge < -0.3 is 0 Å².